The minimum atomic E-state index is -3.92. The van der Waals surface area contributed by atoms with Crippen molar-refractivity contribution < 1.29 is 23.1 Å². The fraction of sp³-hybridized carbons (Fsp3) is 0.462. The van der Waals surface area contributed by atoms with Crippen LogP contribution in [-0.4, -0.2) is 38.0 Å². The molecule has 1 aromatic rings. The first-order chi connectivity index (χ1) is 9.36. The first-order valence-corrected chi connectivity index (χ1v) is 7.76. The lowest BCUT2D eigenvalue weighted by molar-refractivity contribution is -0.139. The highest BCUT2D eigenvalue weighted by Gasteiger charge is 2.37. The zero-order valence-corrected chi connectivity index (χ0v) is 12.1. The highest BCUT2D eigenvalue weighted by atomic mass is 32.2. The van der Waals surface area contributed by atoms with Crippen molar-refractivity contribution in [1.29, 1.82) is 0 Å². The van der Waals surface area contributed by atoms with Crippen LogP contribution < -0.4 is 4.72 Å². The van der Waals surface area contributed by atoms with E-state index in [-0.39, 0.29) is 0 Å². The smallest absolute Gasteiger partial charge is 0.325 e. The second kappa shape index (κ2) is 5.51. The summed E-state index contributed by atoms with van der Waals surface area (Å²) in [5, 5.41) is 8.68. The summed E-state index contributed by atoms with van der Waals surface area (Å²) < 4.78 is 31.1. The number of methoxy groups -OCH3 is 1. The number of esters is 1. The van der Waals surface area contributed by atoms with Crippen molar-refractivity contribution in [1.82, 2.24) is 4.72 Å². The molecule has 1 unspecified atom stereocenters. The van der Waals surface area contributed by atoms with E-state index in [9.17, 15) is 18.3 Å². The highest BCUT2D eigenvalue weighted by molar-refractivity contribution is 7.90. The van der Waals surface area contributed by atoms with Crippen LogP contribution in [0.25, 0.3) is 0 Å². The fourth-order valence-electron chi connectivity index (χ4n) is 2.29. The summed E-state index contributed by atoms with van der Waals surface area (Å²) in [6.45, 7) is 1.25. The van der Waals surface area contributed by atoms with E-state index < -0.39 is 33.4 Å². The molecular weight excluding hydrogens is 282 g/mol. The number of rotatable bonds is 4. The summed E-state index contributed by atoms with van der Waals surface area (Å²) in [4.78, 5) is 11.4. The molecule has 6 nitrogen and oxygen atoms in total. The topological polar surface area (TPSA) is 92.7 Å². The molecule has 0 bridgehead atoms. The molecule has 2 rings (SSSR count). The van der Waals surface area contributed by atoms with E-state index in [2.05, 4.69) is 9.46 Å². The average Bonchev–Trinajstić information content (AvgIpc) is 2.73. The minimum Gasteiger partial charge on any atom is -0.468 e. The Morgan fingerprint density at radius 1 is 1.45 bits per heavy atom. The molecule has 7 heteroatoms. The van der Waals surface area contributed by atoms with Crippen LogP contribution in [0.4, 0.5) is 0 Å². The standard InChI is InChI=1S/C13H17NO5S/c1-8(13(16)19-2)20(17,18)14-12-10-6-4-3-5-9(10)7-11(12)15/h3-6,8,11-12,14-15H,7H2,1-2H3/t8?,11-,12+/m1/s1. The SMILES string of the molecule is COC(=O)C(C)S(=O)(=O)N[C@H]1c2ccccc2C[C@H]1O. The third-order valence-corrected chi connectivity index (χ3v) is 5.20. The van der Waals surface area contributed by atoms with Gasteiger partial charge in [0.05, 0.1) is 19.3 Å². The molecule has 0 saturated heterocycles. The number of aliphatic hydroxyl groups excluding tert-OH is 1. The van der Waals surface area contributed by atoms with Gasteiger partial charge in [-0.2, -0.15) is 0 Å². The number of sulfonamides is 1. The van der Waals surface area contributed by atoms with Crippen LogP contribution >= 0.6 is 0 Å². The summed E-state index contributed by atoms with van der Waals surface area (Å²) in [5.41, 5.74) is 1.64. The average molecular weight is 299 g/mol. The molecule has 0 saturated carbocycles. The summed E-state index contributed by atoms with van der Waals surface area (Å²) in [7, 11) is -2.78. The lowest BCUT2D eigenvalue weighted by Crippen LogP contribution is -2.42. The first-order valence-electron chi connectivity index (χ1n) is 6.21. The molecule has 110 valence electrons. The van der Waals surface area contributed by atoms with Gasteiger partial charge in [0.2, 0.25) is 10.0 Å². The Morgan fingerprint density at radius 3 is 2.75 bits per heavy atom. The molecule has 0 spiro atoms. The van der Waals surface area contributed by atoms with Gasteiger partial charge < -0.3 is 9.84 Å². The summed E-state index contributed by atoms with van der Waals surface area (Å²) in [6, 6.07) is 6.49. The van der Waals surface area contributed by atoms with Gasteiger partial charge >= 0.3 is 5.97 Å². The molecule has 0 amide bonds. The molecule has 0 radical (unpaired) electrons. The number of benzene rings is 1. The van der Waals surface area contributed by atoms with Crippen LogP contribution in [0.5, 0.6) is 0 Å². The molecule has 0 aliphatic heterocycles. The van der Waals surface area contributed by atoms with Crippen molar-refractivity contribution >= 4 is 16.0 Å². The minimum absolute atomic E-state index is 0.385. The monoisotopic (exact) mass is 299 g/mol. The van der Waals surface area contributed by atoms with Crippen molar-refractivity contribution in [3.63, 3.8) is 0 Å². The quantitative estimate of drug-likeness (QED) is 0.771. The Labute approximate surface area is 117 Å². The molecule has 2 N–H and O–H groups in total. The predicted molar refractivity (Wildman–Crippen MR) is 72.4 cm³/mol. The number of ether oxygens (including phenoxy) is 1. The molecule has 20 heavy (non-hydrogen) atoms. The van der Waals surface area contributed by atoms with Crippen LogP contribution in [0, 0.1) is 0 Å². The van der Waals surface area contributed by atoms with Gasteiger partial charge in [0, 0.05) is 6.42 Å². The van der Waals surface area contributed by atoms with Crippen LogP contribution in [-0.2, 0) is 26.0 Å². The van der Waals surface area contributed by atoms with E-state index >= 15 is 0 Å². The third kappa shape index (κ3) is 2.70. The Morgan fingerprint density at radius 2 is 2.10 bits per heavy atom. The van der Waals surface area contributed by atoms with E-state index in [4.69, 9.17) is 0 Å². The zero-order chi connectivity index (χ0) is 14.9. The molecule has 1 aromatic carbocycles. The normalized spacial score (nSPS) is 23.1. The Hall–Kier alpha value is -1.44. The Balaban J connectivity index is 2.24. The van der Waals surface area contributed by atoms with E-state index in [1.165, 1.54) is 6.92 Å². The van der Waals surface area contributed by atoms with Gasteiger partial charge in [-0.3, -0.25) is 4.79 Å². The van der Waals surface area contributed by atoms with Crippen LogP contribution in [0.1, 0.15) is 24.1 Å². The molecule has 0 fully saturated rings. The second-order valence-corrected chi connectivity index (χ2v) is 6.81. The van der Waals surface area contributed by atoms with Crippen LogP contribution in [0.2, 0.25) is 0 Å². The van der Waals surface area contributed by atoms with Gasteiger partial charge in [0.1, 0.15) is 0 Å². The number of hydrogen-bond donors (Lipinski definition) is 2. The molecular formula is C13H17NO5S. The maximum Gasteiger partial charge on any atom is 0.325 e. The number of nitrogens with one attached hydrogen (secondary N) is 1. The largest absolute Gasteiger partial charge is 0.468 e. The number of carbonyl (C=O) groups is 1. The maximum absolute atomic E-state index is 12.1. The Kier molecular flexibility index (Phi) is 4.12. The zero-order valence-electron chi connectivity index (χ0n) is 11.2. The predicted octanol–water partition coefficient (Wildman–Crippen LogP) is 0.126. The Bertz CT molecular complexity index is 613. The van der Waals surface area contributed by atoms with Gasteiger partial charge in [-0.1, -0.05) is 24.3 Å². The summed E-state index contributed by atoms with van der Waals surface area (Å²) in [6.07, 6.45) is -0.456. The van der Waals surface area contributed by atoms with Crippen molar-refractivity contribution in [2.24, 2.45) is 0 Å². The van der Waals surface area contributed by atoms with E-state index in [0.717, 1.165) is 18.2 Å². The van der Waals surface area contributed by atoms with Gasteiger partial charge in [0.25, 0.3) is 0 Å². The highest BCUT2D eigenvalue weighted by Crippen LogP contribution is 2.32. The van der Waals surface area contributed by atoms with Crippen molar-refractivity contribution in [3.8, 4) is 0 Å². The van der Waals surface area contributed by atoms with Crippen molar-refractivity contribution in [2.75, 3.05) is 7.11 Å². The number of aliphatic hydroxyl groups is 1. The van der Waals surface area contributed by atoms with Crippen LogP contribution in [0.15, 0.2) is 24.3 Å². The van der Waals surface area contributed by atoms with Gasteiger partial charge in [-0.05, 0) is 18.1 Å². The molecule has 0 aromatic heterocycles. The number of fused-ring (bicyclic) bond motifs is 1. The maximum atomic E-state index is 12.1. The van der Waals surface area contributed by atoms with E-state index in [1.54, 1.807) is 12.1 Å². The van der Waals surface area contributed by atoms with E-state index in [1.807, 2.05) is 12.1 Å². The molecule has 0 heterocycles. The fourth-order valence-corrected chi connectivity index (χ4v) is 3.48. The van der Waals surface area contributed by atoms with Crippen LogP contribution in [0.3, 0.4) is 0 Å². The third-order valence-electron chi connectivity index (χ3n) is 3.49. The second-order valence-electron chi connectivity index (χ2n) is 4.78. The summed E-state index contributed by atoms with van der Waals surface area (Å²) >= 11 is 0. The van der Waals surface area contributed by atoms with Gasteiger partial charge in [-0.15, -0.1) is 0 Å². The lowest BCUT2D eigenvalue weighted by Gasteiger charge is -2.20. The van der Waals surface area contributed by atoms with Gasteiger partial charge in [-0.25, -0.2) is 13.1 Å². The van der Waals surface area contributed by atoms with E-state index in [0.29, 0.717) is 6.42 Å². The van der Waals surface area contributed by atoms with Gasteiger partial charge in [0.15, 0.2) is 5.25 Å². The first kappa shape index (κ1) is 15.0. The number of hydrogen-bond acceptors (Lipinski definition) is 5. The molecule has 1 aliphatic carbocycles. The lowest BCUT2D eigenvalue weighted by atomic mass is 10.1. The number of carbonyl (C=O) groups excluding carboxylic acids is 1. The molecule has 3 atom stereocenters. The van der Waals surface area contributed by atoms with Crippen molar-refractivity contribution in [3.05, 3.63) is 35.4 Å². The summed E-state index contributed by atoms with van der Waals surface area (Å²) in [5.74, 6) is -0.835. The molecule has 1 aliphatic rings. The van der Waals surface area contributed by atoms with Crippen molar-refractivity contribution in [2.45, 2.75) is 30.7 Å².